The van der Waals surface area contributed by atoms with E-state index in [2.05, 4.69) is 34.3 Å². The molecule has 3 aromatic carbocycles. The number of hydrogen-bond acceptors (Lipinski definition) is 4. The van der Waals surface area contributed by atoms with Gasteiger partial charge >= 0.3 is 0 Å². The number of benzene rings is 3. The Hall–Kier alpha value is -2.83. The molecular weight excluding hydrogens is 392 g/mol. The van der Waals surface area contributed by atoms with Crippen molar-refractivity contribution in [2.75, 3.05) is 44.3 Å². The van der Waals surface area contributed by atoms with Crippen LogP contribution in [0.15, 0.2) is 77.8 Å². The van der Waals surface area contributed by atoms with Crippen LogP contribution in [0.2, 0.25) is 0 Å². The molecule has 1 N–H and O–H groups in total. The first kappa shape index (κ1) is 20.4. The van der Waals surface area contributed by atoms with E-state index in [-0.39, 0.29) is 5.91 Å². The van der Waals surface area contributed by atoms with Gasteiger partial charge in [-0.3, -0.25) is 4.79 Å². The lowest BCUT2D eigenvalue weighted by Gasteiger charge is -2.34. The Morgan fingerprint density at radius 2 is 1.63 bits per heavy atom. The minimum atomic E-state index is -0.0230. The number of carbonyl (C=O) groups is 1. The summed E-state index contributed by atoms with van der Waals surface area (Å²) >= 11 is 1.50. The van der Waals surface area contributed by atoms with Crippen molar-refractivity contribution in [3.8, 4) is 0 Å². The zero-order valence-corrected chi connectivity index (χ0v) is 17.9. The van der Waals surface area contributed by atoms with E-state index in [0.29, 0.717) is 5.75 Å². The molecule has 1 fully saturated rings. The second kappa shape index (κ2) is 9.78. The molecule has 0 bridgehead atoms. The molecule has 30 heavy (non-hydrogen) atoms. The third-order valence-electron chi connectivity index (χ3n) is 5.12. The number of nitrogens with zero attached hydrogens (tertiary/aromatic N) is 3. The van der Waals surface area contributed by atoms with Crippen LogP contribution in [0.25, 0.3) is 10.8 Å². The summed E-state index contributed by atoms with van der Waals surface area (Å²) in [5.41, 5.74) is 1.73. The molecule has 1 amide bonds. The standard InChI is InChI=1S/C24H26N4OS/c1-27-13-15-28(16-14-27)24(26-21-9-3-2-4-10-21)30-18-23(29)25-22-12-11-19-7-5-6-8-20(19)17-22/h2-12,17H,13-16,18H2,1H3,(H,25,29). The largest absolute Gasteiger partial charge is 0.349 e. The SMILES string of the molecule is CN1CCN(C(=Nc2ccccc2)SCC(=O)Nc2ccc3ccccc3c2)CC1. The van der Waals surface area contributed by atoms with Crippen LogP contribution in [0.4, 0.5) is 11.4 Å². The minimum Gasteiger partial charge on any atom is -0.349 e. The predicted octanol–water partition coefficient (Wildman–Crippen LogP) is 4.45. The van der Waals surface area contributed by atoms with Crippen molar-refractivity contribution in [3.05, 3.63) is 72.8 Å². The van der Waals surface area contributed by atoms with Crippen LogP contribution in [-0.4, -0.2) is 59.9 Å². The van der Waals surface area contributed by atoms with Gasteiger partial charge in [0.1, 0.15) is 0 Å². The fourth-order valence-electron chi connectivity index (χ4n) is 3.40. The summed E-state index contributed by atoms with van der Waals surface area (Å²) in [6.45, 7) is 3.83. The molecule has 0 saturated carbocycles. The topological polar surface area (TPSA) is 47.9 Å². The van der Waals surface area contributed by atoms with Gasteiger partial charge in [-0.05, 0) is 42.1 Å². The van der Waals surface area contributed by atoms with E-state index in [1.807, 2.05) is 60.7 Å². The van der Waals surface area contributed by atoms with E-state index in [4.69, 9.17) is 4.99 Å². The van der Waals surface area contributed by atoms with Crippen molar-refractivity contribution in [2.45, 2.75) is 0 Å². The van der Waals surface area contributed by atoms with Crippen LogP contribution in [0, 0.1) is 0 Å². The fourth-order valence-corrected chi connectivity index (χ4v) is 4.27. The Morgan fingerprint density at radius 1 is 0.933 bits per heavy atom. The quantitative estimate of drug-likeness (QED) is 0.502. The Kier molecular flexibility index (Phi) is 6.67. The maximum Gasteiger partial charge on any atom is 0.234 e. The van der Waals surface area contributed by atoms with E-state index < -0.39 is 0 Å². The number of para-hydroxylation sites is 1. The first-order chi connectivity index (χ1) is 14.7. The Morgan fingerprint density at radius 3 is 2.40 bits per heavy atom. The lowest BCUT2D eigenvalue weighted by Crippen LogP contribution is -2.46. The highest BCUT2D eigenvalue weighted by molar-refractivity contribution is 8.14. The van der Waals surface area contributed by atoms with Gasteiger partial charge < -0.3 is 15.1 Å². The van der Waals surface area contributed by atoms with Gasteiger partial charge in [-0.2, -0.15) is 0 Å². The summed E-state index contributed by atoms with van der Waals surface area (Å²) in [6, 6.07) is 24.1. The van der Waals surface area contributed by atoms with Crippen molar-refractivity contribution in [2.24, 2.45) is 4.99 Å². The number of amidine groups is 1. The summed E-state index contributed by atoms with van der Waals surface area (Å²) < 4.78 is 0. The summed E-state index contributed by atoms with van der Waals surface area (Å²) in [5.74, 6) is 0.301. The molecule has 0 atom stereocenters. The number of nitrogens with one attached hydrogen (secondary N) is 1. The molecule has 3 aromatic rings. The second-order valence-corrected chi connectivity index (χ2v) is 8.36. The number of carbonyl (C=O) groups excluding carboxylic acids is 1. The van der Waals surface area contributed by atoms with Crippen molar-refractivity contribution in [3.63, 3.8) is 0 Å². The summed E-state index contributed by atoms with van der Waals surface area (Å²) in [6.07, 6.45) is 0. The molecule has 154 valence electrons. The number of amides is 1. The monoisotopic (exact) mass is 418 g/mol. The van der Waals surface area contributed by atoms with Gasteiger partial charge in [0.25, 0.3) is 0 Å². The highest BCUT2D eigenvalue weighted by Crippen LogP contribution is 2.21. The number of rotatable bonds is 4. The molecule has 0 aliphatic carbocycles. The average molecular weight is 419 g/mol. The van der Waals surface area contributed by atoms with Gasteiger partial charge in [0.15, 0.2) is 5.17 Å². The second-order valence-electron chi connectivity index (χ2n) is 7.42. The van der Waals surface area contributed by atoms with Crippen molar-refractivity contribution in [1.29, 1.82) is 0 Å². The number of hydrogen-bond donors (Lipinski definition) is 1. The van der Waals surface area contributed by atoms with Crippen molar-refractivity contribution in [1.82, 2.24) is 9.80 Å². The fraction of sp³-hybridized carbons (Fsp3) is 0.250. The van der Waals surface area contributed by atoms with Gasteiger partial charge in [-0.15, -0.1) is 0 Å². The van der Waals surface area contributed by atoms with Gasteiger partial charge in [0.2, 0.25) is 5.91 Å². The molecule has 5 nitrogen and oxygen atoms in total. The molecule has 0 aromatic heterocycles. The third-order valence-corrected chi connectivity index (χ3v) is 6.13. The van der Waals surface area contributed by atoms with Gasteiger partial charge in [0.05, 0.1) is 11.4 Å². The lowest BCUT2D eigenvalue weighted by molar-refractivity contribution is -0.113. The molecule has 6 heteroatoms. The summed E-state index contributed by atoms with van der Waals surface area (Å²) in [5, 5.41) is 6.21. The molecule has 4 rings (SSSR count). The van der Waals surface area contributed by atoms with Gasteiger partial charge in [-0.25, -0.2) is 4.99 Å². The van der Waals surface area contributed by atoms with E-state index in [1.54, 1.807) is 0 Å². The van der Waals surface area contributed by atoms with Gasteiger partial charge in [-0.1, -0.05) is 60.3 Å². The molecule has 0 unspecified atom stereocenters. The zero-order valence-electron chi connectivity index (χ0n) is 17.1. The highest BCUT2D eigenvalue weighted by atomic mass is 32.2. The van der Waals surface area contributed by atoms with E-state index in [1.165, 1.54) is 11.8 Å². The Labute approximate surface area is 181 Å². The maximum absolute atomic E-state index is 12.6. The summed E-state index contributed by atoms with van der Waals surface area (Å²) in [7, 11) is 2.13. The first-order valence-electron chi connectivity index (χ1n) is 10.2. The summed E-state index contributed by atoms with van der Waals surface area (Å²) in [4.78, 5) is 22.1. The Bertz CT molecular complexity index is 1030. The highest BCUT2D eigenvalue weighted by Gasteiger charge is 2.19. The normalized spacial score (nSPS) is 15.4. The van der Waals surface area contributed by atoms with E-state index in [9.17, 15) is 4.79 Å². The third kappa shape index (κ3) is 5.40. The van der Waals surface area contributed by atoms with Crippen LogP contribution in [0.1, 0.15) is 0 Å². The van der Waals surface area contributed by atoms with Crippen LogP contribution >= 0.6 is 11.8 Å². The van der Waals surface area contributed by atoms with Crippen LogP contribution in [-0.2, 0) is 4.79 Å². The molecule has 1 heterocycles. The Balaban J connectivity index is 1.43. The van der Waals surface area contributed by atoms with Crippen molar-refractivity contribution >= 4 is 45.0 Å². The van der Waals surface area contributed by atoms with Crippen molar-refractivity contribution < 1.29 is 4.79 Å². The molecule has 1 saturated heterocycles. The van der Waals surface area contributed by atoms with Crippen LogP contribution < -0.4 is 5.32 Å². The number of piperazine rings is 1. The minimum absolute atomic E-state index is 0.0230. The molecule has 1 aliphatic heterocycles. The number of anilines is 1. The van der Waals surface area contributed by atoms with Crippen LogP contribution in [0.5, 0.6) is 0 Å². The number of likely N-dealkylation sites (N-methyl/N-ethyl adjacent to an activating group) is 1. The predicted molar refractivity (Wildman–Crippen MR) is 128 cm³/mol. The smallest absolute Gasteiger partial charge is 0.234 e. The van der Waals surface area contributed by atoms with Crippen LogP contribution in [0.3, 0.4) is 0 Å². The molecule has 0 radical (unpaired) electrons. The number of thioether (sulfide) groups is 1. The number of aliphatic imine (C=N–C) groups is 1. The molecule has 0 spiro atoms. The van der Waals surface area contributed by atoms with E-state index >= 15 is 0 Å². The van der Waals surface area contributed by atoms with Gasteiger partial charge in [0, 0.05) is 31.9 Å². The molecular formula is C24H26N4OS. The lowest BCUT2D eigenvalue weighted by atomic mass is 10.1. The first-order valence-corrected chi connectivity index (χ1v) is 11.1. The maximum atomic E-state index is 12.6. The molecule has 1 aliphatic rings. The number of fused-ring (bicyclic) bond motifs is 1. The average Bonchev–Trinajstić information content (AvgIpc) is 2.78. The zero-order chi connectivity index (χ0) is 20.8. The van der Waals surface area contributed by atoms with E-state index in [0.717, 1.165) is 53.5 Å².